The fourth-order valence-electron chi connectivity index (χ4n) is 1.87. The summed E-state index contributed by atoms with van der Waals surface area (Å²) in [6.45, 7) is 8.52. The minimum atomic E-state index is -0.547. The molecule has 3 unspecified atom stereocenters. The standard InChI is InChI=1S/C11H24O2/c1-8(2)5-9(3)6-10(4)11(13)7-12/h8-13H,5-7H2,1-4H3. The van der Waals surface area contributed by atoms with Crippen molar-refractivity contribution in [3.63, 3.8) is 0 Å². The Balaban J connectivity index is 3.70. The number of aliphatic hydroxyl groups excluding tert-OH is 2. The van der Waals surface area contributed by atoms with E-state index in [2.05, 4.69) is 20.8 Å². The first kappa shape index (κ1) is 12.9. The molecule has 13 heavy (non-hydrogen) atoms. The van der Waals surface area contributed by atoms with Crippen LogP contribution >= 0.6 is 0 Å². The summed E-state index contributed by atoms with van der Waals surface area (Å²) < 4.78 is 0. The summed E-state index contributed by atoms with van der Waals surface area (Å²) in [6, 6.07) is 0. The van der Waals surface area contributed by atoms with E-state index in [1.54, 1.807) is 0 Å². The second-order valence-corrected chi connectivity index (χ2v) is 4.70. The van der Waals surface area contributed by atoms with Crippen LogP contribution in [0.1, 0.15) is 40.5 Å². The second kappa shape index (κ2) is 6.39. The van der Waals surface area contributed by atoms with Crippen LogP contribution in [0.4, 0.5) is 0 Å². The summed E-state index contributed by atoms with van der Waals surface area (Å²) in [5, 5.41) is 18.1. The molecule has 0 spiro atoms. The molecule has 2 N–H and O–H groups in total. The van der Waals surface area contributed by atoms with Crippen LogP contribution in [0.15, 0.2) is 0 Å². The Hall–Kier alpha value is -0.0800. The molecule has 0 radical (unpaired) electrons. The lowest BCUT2D eigenvalue weighted by Gasteiger charge is -2.21. The van der Waals surface area contributed by atoms with Gasteiger partial charge in [-0.1, -0.05) is 27.7 Å². The summed E-state index contributed by atoms with van der Waals surface area (Å²) in [7, 11) is 0. The Bertz CT molecular complexity index is 123. The molecule has 2 nitrogen and oxygen atoms in total. The van der Waals surface area contributed by atoms with Crippen LogP contribution in [0.25, 0.3) is 0 Å². The highest BCUT2D eigenvalue weighted by atomic mass is 16.3. The molecule has 0 aromatic heterocycles. The zero-order valence-corrected chi connectivity index (χ0v) is 9.33. The molecule has 3 atom stereocenters. The second-order valence-electron chi connectivity index (χ2n) is 4.70. The Morgan fingerprint density at radius 3 is 1.92 bits per heavy atom. The van der Waals surface area contributed by atoms with Gasteiger partial charge in [0, 0.05) is 0 Å². The lowest BCUT2D eigenvalue weighted by molar-refractivity contribution is 0.0440. The molecule has 0 aliphatic heterocycles. The molecule has 0 saturated heterocycles. The highest BCUT2D eigenvalue weighted by molar-refractivity contribution is 4.67. The molecule has 2 heteroatoms. The molecule has 0 aliphatic carbocycles. The van der Waals surface area contributed by atoms with Crippen molar-refractivity contribution in [2.75, 3.05) is 6.61 Å². The Labute approximate surface area is 82.0 Å². The highest BCUT2D eigenvalue weighted by Crippen LogP contribution is 2.21. The van der Waals surface area contributed by atoms with Gasteiger partial charge in [0.25, 0.3) is 0 Å². The van der Waals surface area contributed by atoms with E-state index in [0.717, 1.165) is 6.42 Å². The van der Waals surface area contributed by atoms with Crippen molar-refractivity contribution < 1.29 is 10.2 Å². The van der Waals surface area contributed by atoms with E-state index in [1.807, 2.05) is 6.92 Å². The third-order valence-electron chi connectivity index (χ3n) is 2.49. The number of aliphatic hydroxyl groups is 2. The van der Waals surface area contributed by atoms with E-state index in [-0.39, 0.29) is 12.5 Å². The van der Waals surface area contributed by atoms with Gasteiger partial charge < -0.3 is 10.2 Å². The van der Waals surface area contributed by atoms with E-state index < -0.39 is 6.10 Å². The van der Waals surface area contributed by atoms with Crippen LogP contribution in [0.5, 0.6) is 0 Å². The van der Waals surface area contributed by atoms with Crippen molar-refractivity contribution in [3.05, 3.63) is 0 Å². The van der Waals surface area contributed by atoms with Gasteiger partial charge in [-0.25, -0.2) is 0 Å². The zero-order valence-electron chi connectivity index (χ0n) is 9.33. The molecular formula is C11H24O2. The number of hydrogen-bond acceptors (Lipinski definition) is 2. The first-order chi connectivity index (χ1) is 5.97. The summed E-state index contributed by atoms with van der Waals surface area (Å²) in [4.78, 5) is 0. The van der Waals surface area contributed by atoms with E-state index in [4.69, 9.17) is 5.11 Å². The minimum absolute atomic E-state index is 0.116. The summed E-state index contributed by atoms with van der Waals surface area (Å²) >= 11 is 0. The van der Waals surface area contributed by atoms with Crippen LogP contribution in [0, 0.1) is 17.8 Å². The zero-order chi connectivity index (χ0) is 10.4. The lowest BCUT2D eigenvalue weighted by atomic mass is 9.88. The maximum atomic E-state index is 9.36. The van der Waals surface area contributed by atoms with Gasteiger partial charge in [-0.3, -0.25) is 0 Å². The SMILES string of the molecule is CC(C)CC(C)CC(C)C(O)CO. The average Bonchev–Trinajstić information content (AvgIpc) is 2.01. The molecule has 0 heterocycles. The fraction of sp³-hybridized carbons (Fsp3) is 1.00. The van der Waals surface area contributed by atoms with Gasteiger partial charge in [0.15, 0.2) is 0 Å². The summed E-state index contributed by atoms with van der Waals surface area (Å²) in [5.41, 5.74) is 0. The summed E-state index contributed by atoms with van der Waals surface area (Å²) in [6.07, 6.45) is 1.65. The van der Waals surface area contributed by atoms with Crippen molar-refractivity contribution in [1.29, 1.82) is 0 Å². The monoisotopic (exact) mass is 188 g/mol. The van der Waals surface area contributed by atoms with Gasteiger partial charge in [-0.2, -0.15) is 0 Å². The third-order valence-corrected chi connectivity index (χ3v) is 2.49. The largest absolute Gasteiger partial charge is 0.394 e. The van der Waals surface area contributed by atoms with Crippen LogP contribution in [0.3, 0.4) is 0 Å². The Kier molecular flexibility index (Phi) is 6.35. The first-order valence-corrected chi connectivity index (χ1v) is 5.26. The fourth-order valence-corrected chi connectivity index (χ4v) is 1.87. The van der Waals surface area contributed by atoms with Gasteiger partial charge in [-0.15, -0.1) is 0 Å². The molecule has 0 amide bonds. The maximum absolute atomic E-state index is 9.36. The van der Waals surface area contributed by atoms with Crippen LogP contribution in [0.2, 0.25) is 0 Å². The van der Waals surface area contributed by atoms with Gasteiger partial charge >= 0.3 is 0 Å². The van der Waals surface area contributed by atoms with Crippen molar-refractivity contribution in [1.82, 2.24) is 0 Å². The summed E-state index contributed by atoms with van der Waals surface area (Å²) in [5.74, 6) is 1.56. The predicted octanol–water partition coefficient (Wildman–Crippen LogP) is 2.05. The highest BCUT2D eigenvalue weighted by Gasteiger charge is 2.16. The van der Waals surface area contributed by atoms with Gasteiger partial charge in [0.05, 0.1) is 12.7 Å². The smallest absolute Gasteiger partial charge is 0.0796 e. The molecule has 80 valence electrons. The van der Waals surface area contributed by atoms with Crippen LogP contribution < -0.4 is 0 Å². The molecule has 0 bridgehead atoms. The van der Waals surface area contributed by atoms with Gasteiger partial charge in [0.2, 0.25) is 0 Å². The number of rotatable bonds is 6. The lowest BCUT2D eigenvalue weighted by Crippen LogP contribution is -2.23. The normalized spacial score (nSPS) is 18.7. The Morgan fingerprint density at radius 1 is 1.00 bits per heavy atom. The molecule has 0 aliphatic rings. The van der Waals surface area contributed by atoms with E-state index >= 15 is 0 Å². The molecular weight excluding hydrogens is 164 g/mol. The average molecular weight is 188 g/mol. The van der Waals surface area contributed by atoms with Crippen molar-refractivity contribution in [2.45, 2.75) is 46.6 Å². The van der Waals surface area contributed by atoms with Crippen LogP contribution in [-0.2, 0) is 0 Å². The van der Waals surface area contributed by atoms with Crippen LogP contribution in [-0.4, -0.2) is 22.9 Å². The van der Waals surface area contributed by atoms with Gasteiger partial charge in [0.1, 0.15) is 0 Å². The molecule has 0 rings (SSSR count). The number of hydrogen-bond donors (Lipinski definition) is 2. The van der Waals surface area contributed by atoms with E-state index in [1.165, 1.54) is 6.42 Å². The van der Waals surface area contributed by atoms with E-state index in [9.17, 15) is 5.11 Å². The topological polar surface area (TPSA) is 40.5 Å². The predicted molar refractivity (Wildman–Crippen MR) is 55.5 cm³/mol. The third kappa shape index (κ3) is 6.05. The quantitative estimate of drug-likeness (QED) is 0.669. The van der Waals surface area contributed by atoms with Crippen molar-refractivity contribution >= 4 is 0 Å². The molecule has 0 fully saturated rings. The van der Waals surface area contributed by atoms with E-state index in [0.29, 0.717) is 11.8 Å². The Morgan fingerprint density at radius 2 is 1.54 bits per heavy atom. The molecule has 0 saturated carbocycles. The first-order valence-electron chi connectivity index (χ1n) is 5.26. The molecule has 0 aromatic rings. The maximum Gasteiger partial charge on any atom is 0.0796 e. The van der Waals surface area contributed by atoms with Crippen molar-refractivity contribution in [2.24, 2.45) is 17.8 Å². The van der Waals surface area contributed by atoms with Crippen molar-refractivity contribution in [3.8, 4) is 0 Å². The van der Waals surface area contributed by atoms with Gasteiger partial charge in [-0.05, 0) is 30.6 Å². The minimum Gasteiger partial charge on any atom is -0.394 e. The molecule has 0 aromatic carbocycles.